The van der Waals surface area contributed by atoms with Crippen molar-refractivity contribution in [2.75, 3.05) is 7.05 Å². The van der Waals surface area contributed by atoms with Crippen LogP contribution in [0.3, 0.4) is 0 Å². The molecule has 1 nitrogen and oxygen atoms in total. The first-order chi connectivity index (χ1) is 4.77. The Hall–Kier alpha value is -0.0400. The van der Waals surface area contributed by atoms with Crippen LogP contribution in [0, 0.1) is 0 Å². The largest absolute Gasteiger partial charge is 0.315 e. The number of rotatable bonds is 1. The van der Waals surface area contributed by atoms with Crippen LogP contribution in [0.25, 0.3) is 0 Å². The van der Waals surface area contributed by atoms with Gasteiger partial charge in [-0.05, 0) is 26.8 Å². The van der Waals surface area contributed by atoms with E-state index in [2.05, 4.69) is 19.3 Å². The summed E-state index contributed by atoms with van der Waals surface area (Å²) in [5, 5.41) is 3.42. The van der Waals surface area contributed by atoms with Crippen molar-refractivity contribution < 1.29 is 0 Å². The van der Waals surface area contributed by atoms with Crippen molar-refractivity contribution in [3.63, 3.8) is 0 Å². The Morgan fingerprint density at radius 3 is 1.90 bits per heavy atom. The van der Waals surface area contributed by atoms with Crippen LogP contribution in [0.15, 0.2) is 0 Å². The molecule has 0 aromatic carbocycles. The smallest absolute Gasteiger partial charge is 0.0150 e. The van der Waals surface area contributed by atoms with Gasteiger partial charge in [0.15, 0.2) is 0 Å². The van der Waals surface area contributed by atoms with Crippen LogP contribution < -0.4 is 5.32 Å². The van der Waals surface area contributed by atoms with Gasteiger partial charge in [0.2, 0.25) is 0 Å². The number of nitrogens with one attached hydrogen (secondary N) is 1. The molecule has 0 aromatic heterocycles. The van der Waals surface area contributed by atoms with E-state index >= 15 is 0 Å². The summed E-state index contributed by atoms with van der Waals surface area (Å²) in [7, 11) is 2.09. The van der Waals surface area contributed by atoms with E-state index in [0.717, 1.165) is 0 Å². The van der Waals surface area contributed by atoms with Crippen LogP contribution in [-0.4, -0.2) is 12.6 Å². The summed E-state index contributed by atoms with van der Waals surface area (Å²) in [6.45, 7) is 2.35. The average Bonchev–Trinajstić information content (AvgIpc) is 2.15. The molecule has 0 spiro atoms. The third-order valence-corrected chi connectivity index (χ3v) is 2.81. The Balaban J connectivity index is 2.41. The second kappa shape index (κ2) is 3.38. The van der Waals surface area contributed by atoms with Crippen molar-refractivity contribution in [3.05, 3.63) is 0 Å². The molecule has 0 aliphatic heterocycles. The standard InChI is InChI=1S/C9H19N/c1-9(10-2)7-5-3-4-6-8-9/h10H,3-8H2,1-2H3. The maximum atomic E-state index is 3.42. The predicted molar refractivity (Wildman–Crippen MR) is 45.2 cm³/mol. The first-order valence-corrected chi connectivity index (χ1v) is 4.46. The fourth-order valence-corrected chi connectivity index (χ4v) is 1.76. The lowest BCUT2D eigenvalue weighted by atomic mass is 9.93. The molecule has 1 heteroatoms. The molecule has 60 valence electrons. The molecule has 1 saturated carbocycles. The summed E-state index contributed by atoms with van der Waals surface area (Å²) in [4.78, 5) is 0. The summed E-state index contributed by atoms with van der Waals surface area (Å²) >= 11 is 0. The Labute approximate surface area is 64.2 Å². The van der Waals surface area contributed by atoms with Gasteiger partial charge in [0.1, 0.15) is 0 Å². The zero-order chi connectivity index (χ0) is 7.45. The Morgan fingerprint density at radius 2 is 1.50 bits per heavy atom. The lowest BCUT2D eigenvalue weighted by Gasteiger charge is -2.27. The van der Waals surface area contributed by atoms with E-state index in [1.54, 1.807) is 0 Å². The molecular weight excluding hydrogens is 122 g/mol. The van der Waals surface area contributed by atoms with Crippen LogP contribution in [-0.2, 0) is 0 Å². The fraction of sp³-hybridized carbons (Fsp3) is 1.00. The normalized spacial score (nSPS) is 25.8. The minimum absolute atomic E-state index is 0.455. The van der Waals surface area contributed by atoms with Gasteiger partial charge in [-0.15, -0.1) is 0 Å². The minimum atomic E-state index is 0.455. The summed E-state index contributed by atoms with van der Waals surface area (Å²) in [6.07, 6.45) is 8.44. The fourth-order valence-electron chi connectivity index (χ4n) is 1.76. The second-order valence-electron chi connectivity index (χ2n) is 3.72. The number of hydrogen-bond donors (Lipinski definition) is 1. The highest BCUT2D eigenvalue weighted by Gasteiger charge is 2.22. The molecule has 0 bridgehead atoms. The van der Waals surface area contributed by atoms with Crippen molar-refractivity contribution >= 4 is 0 Å². The lowest BCUT2D eigenvalue weighted by molar-refractivity contribution is 0.338. The first kappa shape index (κ1) is 8.06. The van der Waals surface area contributed by atoms with Crippen LogP contribution >= 0.6 is 0 Å². The van der Waals surface area contributed by atoms with Crippen LogP contribution in [0.5, 0.6) is 0 Å². The Kier molecular flexibility index (Phi) is 2.72. The van der Waals surface area contributed by atoms with Crippen molar-refractivity contribution in [2.45, 2.75) is 51.0 Å². The molecule has 10 heavy (non-hydrogen) atoms. The zero-order valence-corrected chi connectivity index (χ0v) is 7.24. The van der Waals surface area contributed by atoms with Crippen LogP contribution in [0.1, 0.15) is 45.4 Å². The molecule has 0 heterocycles. The van der Waals surface area contributed by atoms with E-state index in [0.29, 0.717) is 5.54 Å². The van der Waals surface area contributed by atoms with Crippen LogP contribution in [0.2, 0.25) is 0 Å². The van der Waals surface area contributed by atoms with Gasteiger partial charge in [-0.1, -0.05) is 25.7 Å². The van der Waals surface area contributed by atoms with Gasteiger partial charge >= 0.3 is 0 Å². The van der Waals surface area contributed by atoms with Gasteiger partial charge in [-0.25, -0.2) is 0 Å². The average molecular weight is 141 g/mol. The monoisotopic (exact) mass is 141 g/mol. The zero-order valence-electron chi connectivity index (χ0n) is 7.24. The first-order valence-electron chi connectivity index (χ1n) is 4.46. The summed E-state index contributed by atoms with van der Waals surface area (Å²) in [6, 6.07) is 0. The molecule has 0 saturated heterocycles. The Morgan fingerprint density at radius 1 is 1.00 bits per heavy atom. The van der Waals surface area contributed by atoms with Gasteiger partial charge in [-0.2, -0.15) is 0 Å². The van der Waals surface area contributed by atoms with E-state index in [1.165, 1.54) is 38.5 Å². The lowest BCUT2D eigenvalue weighted by Crippen LogP contribution is -2.38. The van der Waals surface area contributed by atoms with Gasteiger partial charge in [0.05, 0.1) is 0 Å². The van der Waals surface area contributed by atoms with Gasteiger partial charge in [-0.3, -0.25) is 0 Å². The highest BCUT2D eigenvalue weighted by Crippen LogP contribution is 2.25. The third-order valence-electron chi connectivity index (χ3n) is 2.81. The molecular formula is C9H19N. The van der Waals surface area contributed by atoms with E-state index < -0.39 is 0 Å². The van der Waals surface area contributed by atoms with Crippen LogP contribution in [0.4, 0.5) is 0 Å². The van der Waals surface area contributed by atoms with Crippen molar-refractivity contribution in [1.82, 2.24) is 5.32 Å². The summed E-state index contributed by atoms with van der Waals surface area (Å²) in [5.41, 5.74) is 0.455. The molecule has 1 rings (SSSR count). The summed E-state index contributed by atoms with van der Waals surface area (Å²) < 4.78 is 0. The third kappa shape index (κ3) is 1.98. The molecule has 0 aromatic rings. The van der Waals surface area contributed by atoms with Gasteiger partial charge < -0.3 is 5.32 Å². The van der Waals surface area contributed by atoms with Gasteiger partial charge in [0.25, 0.3) is 0 Å². The summed E-state index contributed by atoms with van der Waals surface area (Å²) in [5.74, 6) is 0. The molecule has 0 amide bonds. The van der Waals surface area contributed by atoms with E-state index in [9.17, 15) is 0 Å². The highest BCUT2D eigenvalue weighted by atomic mass is 14.9. The predicted octanol–water partition coefficient (Wildman–Crippen LogP) is 2.32. The second-order valence-corrected chi connectivity index (χ2v) is 3.72. The van der Waals surface area contributed by atoms with Crippen molar-refractivity contribution in [1.29, 1.82) is 0 Å². The maximum Gasteiger partial charge on any atom is 0.0150 e. The van der Waals surface area contributed by atoms with Gasteiger partial charge in [0, 0.05) is 5.54 Å². The molecule has 1 N–H and O–H groups in total. The molecule has 1 fully saturated rings. The molecule has 1 aliphatic carbocycles. The minimum Gasteiger partial charge on any atom is -0.315 e. The maximum absolute atomic E-state index is 3.42. The van der Waals surface area contributed by atoms with E-state index in [4.69, 9.17) is 0 Å². The topological polar surface area (TPSA) is 12.0 Å². The van der Waals surface area contributed by atoms with E-state index in [1.807, 2.05) is 0 Å². The molecule has 0 atom stereocenters. The highest BCUT2D eigenvalue weighted by molar-refractivity contribution is 4.82. The number of hydrogen-bond acceptors (Lipinski definition) is 1. The molecule has 0 unspecified atom stereocenters. The molecule has 0 radical (unpaired) electrons. The Bertz CT molecular complexity index is 90.9. The molecule has 1 aliphatic rings. The quantitative estimate of drug-likeness (QED) is 0.553. The SMILES string of the molecule is CNC1(C)CCCCCC1. The van der Waals surface area contributed by atoms with Crippen molar-refractivity contribution in [2.24, 2.45) is 0 Å². The van der Waals surface area contributed by atoms with E-state index in [-0.39, 0.29) is 0 Å². The van der Waals surface area contributed by atoms with Crippen molar-refractivity contribution in [3.8, 4) is 0 Å².